The van der Waals surface area contributed by atoms with Crippen LogP contribution in [0.4, 0.5) is 0 Å². The smallest absolute Gasteiger partial charge is 0.00729 e. The lowest BCUT2D eigenvalue weighted by Crippen LogP contribution is -2.17. The van der Waals surface area contributed by atoms with Gasteiger partial charge in [0.15, 0.2) is 0 Å². The Morgan fingerprint density at radius 1 is 1.38 bits per heavy atom. The maximum absolute atomic E-state index is 3.11. The van der Waals surface area contributed by atoms with Crippen LogP contribution in [0.5, 0.6) is 0 Å². The van der Waals surface area contributed by atoms with Gasteiger partial charge in [-0.25, -0.2) is 0 Å². The van der Waals surface area contributed by atoms with Crippen molar-refractivity contribution in [2.75, 3.05) is 0 Å². The van der Waals surface area contributed by atoms with E-state index in [-0.39, 0.29) is 0 Å². The van der Waals surface area contributed by atoms with Crippen LogP contribution in [0.15, 0.2) is 0 Å². The zero-order valence-electron chi connectivity index (χ0n) is 5.94. The lowest BCUT2D eigenvalue weighted by atomic mass is 10.1. The summed E-state index contributed by atoms with van der Waals surface area (Å²) in [5, 5.41) is 3.11. The van der Waals surface area contributed by atoms with E-state index in [9.17, 15) is 0 Å². The normalized spacial score (nSPS) is 14.6. The molecule has 0 aliphatic carbocycles. The fourth-order valence-electron chi connectivity index (χ4n) is 0.775. The van der Waals surface area contributed by atoms with Gasteiger partial charge in [-0.2, -0.15) is 0 Å². The van der Waals surface area contributed by atoms with Crippen LogP contribution < -0.4 is 5.09 Å². The molecule has 50 valence electrons. The van der Waals surface area contributed by atoms with Crippen LogP contribution in [0.1, 0.15) is 27.2 Å². The van der Waals surface area contributed by atoms with Gasteiger partial charge >= 0.3 is 0 Å². The van der Waals surface area contributed by atoms with Crippen molar-refractivity contribution in [1.29, 1.82) is 0 Å². The molecule has 8 heavy (non-hydrogen) atoms. The quantitative estimate of drug-likeness (QED) is 0.579. The topological polar surface area (TPSA) is 12.0 Å². The Morgan fingerprint density at radius 2 is 1.88 bits per heavy atom. The predicted molar refractivity (Wildman–Crippen MR) is 41.8 cm³/mol. The van der Waals surface area contributed by atoms with Crippen molar-refractivity contribution < 1.29 is 0 Å². The predicted octanol–water partition coefficient (Wildman–Crippen LogP) is 1.80. The monoisotopic (exact) mass is 133 g/mol. The molecule has 0 aliphatic heterocycles. The average Bonchev–Trinajstić information content (AvgIpc) is 1.65. The molecule has 0 amide bonds. The van der Waals surface area contributed by atoms with Gasteiger partial charge in [0.2, 0.25) is 0 Å². The molecule has 0 spiro atoms. The summed E-state index contributed by atoms with van der Waals surface area (Å²) in [6.45, 7) is 6.66. The molecule has 0 saturated heterocycles. The van der Waals surface area contributed by atoms with Crippen molar-refractivity contribution in [1.82, 2.24) is 5.09 Å². The third-order valence-corrected chi connectivity index (χ3v) is 1.68. The molecule has 0 bridgehead atoms. The van der Waals surface area contributed by atoms with Crippen LogP contribution in [0.25, 0.3) is 0 Å². The van der Waals surface area contributed by atoms with Gasteiger partial charge in [-0.3, -0.25) is 5.09 Å². The van der Waals surface area contributed by atoms with Gasteiger partial charge in [-0.05, 0) is 19.3 Å². The maximum atomic E-state index is 3.11. The second-order valence-electron chi connectivity index (χ2n) is 2.70. The summed E-state index contributed by atoms with van der Waals surface area (Å²) >= 11 is 0. The van der Waals surface area contributed by atoms with Crippen molar-refractivity contribution in [3.63, 3.8) is 0 Å². The molecular weight excluding hydrogens is 117 g/mol. The summed E-state index contributed by atoms with van der Waals surface area (Å²) in [6.07, 6.45) is 1.25. The third kappa shape index (κ3) is 4.55. The molecule has 2 heteroatoms. The largest absolute Gasteiger partial charge is 0.298 e. The first-order valence-corrected chi connectivity index (χ1v) is 3.70. The van der Waals surface area contributed by atoms with E-state index in [0.717, 1.165) is 5.92 Å². The summed E-state index contributed by atoms with van der Waals surface area (Å²) in [5.41, 5.74) is 0. The Balaban J connectivity index is 3.10. The fourth-order valence-corrected chi connectivity index (χ4v) is 0.911. The molecule has 0 rings (SSSR count). The third-order valence-electron chi connectivity index (χ3n) is 1.11. The summed E-state index contributed by atoms with van der Waals surface area (Å²) in [4.78, 5) is 0. The lowest BCUT2D eigenvalue weighted by Gasteiger charge is -2.11. The minimum absolute atomic E-state index is 0.639. The Bertz CT molecular complexity index is 54.5. The second kappa shape index (κ2) is 4.29. The standard InChI is InChI=1S/C6H16NP/c1-5(2)4-6(3)7-8/h5-7H,4,8H2,1-3H3. The zero-order valence-corrected chi connectivity index (χ0v) is 7.09. The first-order chi connectivity index (χ1) is 3.66. The second-order valence-corrected chi connectivity index (χ2v) is 3.03. The van der Waals surface area contributed by atoms with Gasteiger partial charge in [-0.1, -0.05) is 23.2 Å². The highest BCUT2D eigenvalue weighted by molar-refractivity contribution is 7.13. The zero-order chi connectivity index (χ0) is 6.57. The summed E-state index contributed by atoms with van der Waals surface area (Å²) in [5.74, 6) is 0.804. The van der Waals surface area contributed by atoms with Crippen LogP contribution in [0.3, 0.4) is 0 Å². The van der Waals surface area contributed by atoms with E-state index >= 15 is 0 Å². The van der Waals surface area contributed by atoms with Gasteiger partial charge in [0, 0.05) is 6.04 Å². The Morgan fingerprint density at radius 3 is 2.00 bits per heavy atom. The number of rotatable bonds is 3. The number of hydrogen-bond acceptors (Lipinski definition) is 1. The van der Waals surface area contributed by atoms with E-state index in [1.807, 2.05) is 0 Å². The van der Waals surface area contributed by atoms with Gasteiger partial charge < -0.3 is 0 Å². The maximum Gasteiger partial charge on any atom is 0.00729 e. The van der Waals surface area contributed by atoms with E-state index < -0.39 is 0 Å². The van der Waals surface area contributed by atoms with E-state index in [0.29, 0.717) is 6.04 Å². The van der Waals surface area contributed by atoms with Crippen molar-refractivity contribution in [2.24, 2.45) is 5.92 Å². The minimum atomic E-state index is 0.639. The highest BCUT2D eigenvalue weighted by Gasteiger charge is 1.99. The van der Waals surface area contributed by atoms with Crippen LogP contribution in [0.2, 0.25) is 0 Å². The molecule has 2 atom stereocenters. The van der Waals surface area contributed by atoms with E-state index in [1.54, 1.807) is 0 Å². The van der Waals surface area contributed by atoms with Gasteiger partial charge in [0.25, 0.3) is 0 Å². The highest BCUT2D eigenvalue weighted by Crippen LogP contribution is 2.03. The molecule has 0 fully saturated rings. The Kier molecular flexibility index (Phi) is 4.50. The lowest BCUT2D eigenvalue weighted by molar-refractivity contribution is 0.501. The van der Waals surface area contributed by atoms with E-state index in [2.05, 4.69) is 35.2 Å². The van der Waals surface area contributed by atoms with Gasteiger partial charge in [0.1, 0.15) is 0 Å². The molecule has 1 N–H and O–H groups in total. The SMILES string of the molecule is CC(C)CC(C)NP. The molecule has 1 nitrogen and oxygen atoms in total. The van der Waals surface area contributed by atoms with Crippen LogP contribution >= 0.6 is 9.39 Å². The first-order valence-electron chi connectivity index (χ1n) is 3.13. The van der Waals surface area contributed by atoms with Crippen molar-refractivity contribution >= 4 is 9.39 Å². The first kappa shape index (κ1) is 8.39. The number of nitrogens with one attached hydrogen (secondary N) is 1. The molecule has 0 radical (unpaired) electrons. The Hall–Kier alpha value is 0.390. The van der Waals surface area contributed by atoms with Crippen molar-refractivity contribution in [2.45, 2.75) is 33.2 Å². The average molecular weight is 133 g/mol. The minimum Gasteiger partial charge on any atom is -0.298 e. The Labute approximate surface area is 54.5 Å². The van der Waals surface area contributed by atoms with E-state index in [1.165, 1.54) is 6.42 Å². The number of hydrogen-bond donors (Lipinski definition) is 1. The van der Waals surface area contributed by atoms with Crippen molar-refractivity contribution in [3.8, 4) is 0 Å². The molecule has 2 unspecified atom stereocenters. The van der Waals surface area contributed by atoms with Crippen LogP contribution in [-0.2, 0) is 0 Å². The molecule has 0 saturated carbocycles. The molecule has 0 aromatic heterocycles. The fraction of sp³-hybridized carbons (Fsp3) is 1.00. The van der Waals surface area contributed by atoms with Crippen molar-refractivity contribution in [3.05, 3.63) is 0 Å². The molecule has 0 aliphatic rings. The summed E-state index contributed by atoms with van der Waals surface area (Å²) in [6, 6.07) is 0.639. The summed E-state index contributed by atoms with van der Waals surface area (Å²) < 4.78 is 0. The summed E-state index contributed by atoms with van der Waals surface area (Å²) in [7, 11) is 2.53. The van der Waals surface area contributed by atoms with Crippen LogP contribution in [0, 0.1) is 5.92 Å². The van der Waals surface area contributed by atoms with Crippen LogP contribution in [-0.4, -0.2) is 6.04 Å². The molecule has 0 aromatic rings. The van der Waals surface area contributed by atoms with Gasteiger partial charge in [-0.15, -0.1) is 0 Å². The van der Waals surface area contributed by atoms with E-state index in [4.69, 9.17) is 0 Å². The molecular formula is C6H16NP. The highest BCUT2D eigenvalue weighted by atomic mass is 31.0. The molecule has 0 heterocycles. The van der Waals surface area contributed by atoms with Gasteiger partial charge in [0.05, 0.1) is 0 Å². The molecule has 0 aromatic carbocycles.